The van der Waals surface area contributed by atoms with Crippen LogP contribution in [0.4, 0.5) is 0 Å². The highest BCUT2D eigenvalue weighted by Crippen LogP contribution is 2.23. The number of ether oxygens (including phenoxy) is 1. The second kappa shape index (κ2) is 6.38. The summed E-state index contributed by atoms with van der Waals surface area (Å²) in [6.45, 7) is 1.66. The zero-order valence-corrected chi connectivity index (χ0v) is 14.2. The van der Waals surface area contributed by atoms with Gasteiger partial charge in [-0.25, -0.2) is 19.3 Å². The van der Waals surface area contributed by atoms with Gasteiger partial charge in [-0.2, -0.15) is 10.4 Å². The first-order chi connectivity index (χ1) is 13.1. The maximum atomic E-state index is 12.2. The number of hydrogen-bond donors (Lipinski definition) is 1. The first kappa shape index (κ1) is 16.5. The van der Waals surface area contributed by atoms with Gasteiger partial charge in [-0.3, -0.25) is 9.36 Å². The van der Waals surface area contributed by atoms with Crippen molar-refractivity contribution in [1.29, 1.82) is 5.26 Å². The minimum absolute atomic E-state index is 0.222. The van der Waals surface area contributed by atoms with Crippen LogP contribution in [0, 0.1) is 11.3 Å². The number of pyridine rings is 1. The van der Waals surface area contributed by atoms with E-state index in [1.165, 1.54) is 10.8 Å². The highest BCUT2D eigenvalue weighted by molar-refractivity contribution is 5.80. The zero-order chi connectivity index (χ0) is 19.0. The Morgan fingerprint density at radius 3 is 3.04 bits per heavy atom. The van der Waals surface area contributed by atoms with Crippen molar-refractivity contribution < 1.29 is 9.53 Å². The standard InChI is InChI=1S/C17H13N7O3/c1-2-27-14(25)9-23-16-12(21-17(23)26)8-19-15(22-16)11-7-20-24-4-3-10(6-18)5-13(11)24/h3-5,7-8H,2,9H2,1H3,(H,21,26). The molecule has 0 aromatic carbocycles. The number of rotatable bonds is 4. The molecule has 4 rings (SSSR count). The number of H-pyrrole nitrogens is 1. The lowest BCUT2D eigenvalue weighted by atomic mass is 10.2. The third-order valence-corrected chi connectivity index (χ3v) is 4.00. The number of nitrogens with zero attached hydrogens (tertiary/aromatic N) is 6. The molecule has 4 heterocycles. The third-order valence-electron chi connectivity index (χ3n) is 4.00. The fourth-order valence-electron chi connectivity index (χ4n) is 2.78. The number of hydrogen-bond acceptors (Lipinski definition) is 7. The van der Waals surface area contributed by atoms with Crippen LogP contribution in [-0.2, 0) is 16.1 Å². The maximum absolute atomic E-state index is 12.2. The van der Waals surface area contributed by atoms with Gasteiger partial charge in [-0.05, 0) is 19.1 Å². The zero-order valence-electron chi connectivity index (χ0n) is 14.2. The summed E-state index contributed by atoms with van der Waals surface area (Å²) in [4.78, 5) is 35.3. The lowest BCUT2D eigenvalue weighted by molar-refractivity contribution is -0.143. The van der Waals surface area contributed by atoms with Crippen LogP contribution in [0.1, 0.15) is 12.5 Å². The number of aromatic amines is 1. The monoisotopic (exact) mass is 363 g/mol. The molecule has 134 valence electrons. The average molecular weight is 363 g/mol. The SMILES string of the molecule is CCOC(=O)Cn1c(=O)[nH]c2cnc(-c3cnn4ccc(C#N)cc34)nc21. The number of imidazole rings is 1. The molecule has 4 aromatic rings. The van der Waals surface area contributed by atoms with Crippen molar-refractivity contribution in [2.45, 2.75) is 13.5 Å². The normalized spacial score (nSPS) is 11.0. The second-order valence-corrected chi connectivity index (χ2v) is 5.67. The number of nitrogens with one attached hydrogen (secondary N) is 1. The van der Waals surface area contributed by atoms with Crippen LogP contribution in [0.15, 0.2) is 35.5 Å². The van der Waals surface area contributed by atoms with Crippen LogP contribution in [0.25, 0.3) is 28.1 Å². The minimum atomic E-state index is -0.532. The number of carbonyl (C=O) groups is 1. The van der Waals surface area contributed by atoms with Crippen molar-refractivity contribution in [2.75, 3.05) is 6.61 Å². The Balaban J connectivity index is 1.85. The summed E-state index contributed by atoms with van der Waals surface area (Å²) >= 11 is 0. The molecule has 0 bridgehead atoms. The second-order valence-electron chi connectivity index (χ2n) is 5.67. The summed E-state index contributed by atoms with van der Waals surface area (Å²) in [7, 11) is 0. The Hall–Kier alpha value is -4.00. The van der Waals surface area contributed by atoms with Crippen LogP contribution >= 0.6 is 0 Å². The van der Waals surface area contributed by atoms with Crippen LogP contribution in [0.3, 0.4) is 0 Å². The predicted octanol–water partition coefficient (Wildman–Crippen LogP) is 0.869. The molecule has 0 aliphatic heterocycles. The summed E-state index contributed by atoms with van der Waals surface area (Å²) in [5.41, 5.74) is 1.95. The van der Waals surface area contributed by atoms with Crippen LogP contribution < -0.4 is 5.69 Å². The van der Waals surface area contributed by atoms with Crippen molar-refractivity contribution in [3.8, 4) is 17.5 Å². The molecule has 0 radical (unpaired) electrons. The van der Waals surface area contributed by atoms with Gasteiger partial charge in [0.15, 0.2) is 11.5 Å². The first-order valence-corrected chi connectivity index (χ1v) is 8.09. The average Bonchev–Trinajstić information content (AvgIpc) is 3.22. The molecule has 27 heavy (non-hydrogen) atoms. The molecular weight excluding hydrogens is 350 g/mol. The Morgan fingerprint density at radius 1 is 1.41 bits per heavy atom. The van der Waals surface area contributed by atoms with Gasteiger partial charge in [-0.15, -0.1) is 0 Å². The fraction of sp³-hybridized carbons (Fsp3) is 0.176. The van der Waals surface area contributed by atoms with Crippen LogP contribution in [-0.4, -0.2) is 41.7 Å². The van der Waals surface area contributed by atoms with Gasteiger partial charge in [0, 0.05) is 6.20 Å². The Bertz CT molecular complexity index is 1280. The Kier molecular flexibility index (Phi) is 3.89. The van der Waals surface area contributed by atoms with E-state index in [0.717, 1.165) is 0 Å². The highest BCUT2D eigenvalue weighted by Gasteiger charge is 2.16. The van der Waals surface area contributed by atoms with Crippen molar-refractivity contribution in [1.82, 2.24) is 29.1 Å². The molecule has 0 saturated carbocycles. The molecule has 0 saturated heterocycles. The summed E-state index contributed by atoms with van der Waals surface area (Å²) in [6.07, 6.45) is 4.72. The van der Waals surface area contributed by atoms with E-state index in [4.69, 9.17) is 10.00 Å². The largest absolute Gasteiger partial charge is 0.465 e. The summed E-state index contributed by atoms with van der Waals surface area (Å²) < 4.78 is 7.71. The van der Waals surface area contributed by atoms with Gasteiger partial charge in [0.2, 0.25) is 0 Å². The van der Waals surface area contributed by atoms with E-state index in [2.05, 4.69) is 26.1 Å². The van der Waals surface area contributed by atoms with Gasteiger partial charge < -0.3 is 9.72 Å². The van der Waals surface area contributed by atoms with E-state index in [1.807, 2.05) is 0 Å². The predicted molar refractivity (Wildman–Crippen MR) is 93.7 cm³/mol. The minimum Gasteiger partial charge on any atom is -0.465 e. The molecule has 0 spiro atoms. The highest BCUT2D eigenvalue weighted by atomic mass is 16.5. The first-order valence-electron chi connectivity index (χ1n) is 8.09. The van der Waals surface area contributed by atoms with Crippen molar-refractivity contribution in [3.63, 3.8) is 0 Å². The van der Waals surface area contributed by atoms with Gasteiger partial charge in [0.1, 0.15) is 12.1 Å². The molecule has 10 nitrogen and oxygen atoms in total. The molecule has 4 aromatic heterocycles. The van der Waals surface area contributed by atoms with Crippen LogP contribution in [0.2, 0.25) is 0 Å². The van der Waals surface area contributed by atoms with Crippen molar-refractivity contribution in [3.05, 3.63) is 46.8 Å². The van der Waals surface area contributed by atoms with Crippen molar-refractivity contribution in [2.24, 2.45) is 0 Å². The maximum Gasteiger partial charge on any atom is 0.328 e. The van der Waals surface area contributed by atoms with E-state index < -0.39 is 11.7 Å². The van der Waals surface area contributed by atoms with Gasteiger partial charge in [0.25, 0.3) is 0 Å². The lowest BCUT2D eigenvalue weighted by Crippen LogP contribution is -2.23. The molecular formula is C17H13N7O3. The quantitative estimate of drug-likeness (QED) is 0.532. The Labute approximate surface area is 151 Å². The van der Waals surface area contributed by atoms with E-state index in [9.17, 15) is 9.59 Å². The number of fused-ring (bicyclic) bond motifs is 2. The van der Waals surface area contributed by atoms with Gasteiger partial charge in [0.05, 0.1) is 41.7 Å². The molecule has 10 heteroatoms. The summed E-state index contributed by atoms with van der Waals surface area (Å²) in [5, 5.41) is 13.3. The molecule has 0 atom stereocenters. The molecule has 1 N–H and O–H groups in total. The molecule has 0 amide bonds. The Morgan fingerprint density at radius 2 is 2.26 bits per heavy atom. The van der Waals surface area contributed by atoms with Gasteiger partial charge in [-0.1, -0.05) is 0 Å². The topological polar surface area (TPSA) is 131 Å². The number of esters is 1. The number of carbonyl (C=O) groups excluding carboxylic acids is 1. The number of aromatic nitrogens is 6. The van der Waals surface area contributed by atoms with E-state index in [1.54, 1.807) is 36.0 Å². The van der Waals surface area contributed by atoms with Crippen LogP contribution in [0.5, 0.6) is 0 Å². The van der Waals surface area contributed by atoms with E-state index in [0.29, 0.717) is 28.0 Å². The van der Waals surface area contributed by atoms with E-state index >= 15 is 0 Å². The molecule has 0 aliphatic carbocycles. The molecule has 0 unspecified atom stereocenters. The lowest BCUT2D eigenvalue weighted by Gasteiger charge is -2.04. The number of nitriles is 1. The smallest absolute Gasteiger partial charge is 0.328 e. The molecule has 0 aliphatic rings. The summed E-state index contributed by atoms with van der Waals surface area (Å²) in [5.74, 6) is -0.209. The fourth-order valence-corrected chi connectivity index (χ4v) is 2.78. The summed E-state index contributed by atoms with van der Waals surface area (Å²) in [6, 6.07) is 5.41. The van der Waals surface area contributed by atoms with Crippen molar-refractivity contribution >= 4 is 22.6 Å². The van der Waals surface area contributed by atoms with E-state index in [-0.39, 0.29) is 18.8 Å². The van der Waals surface area contributed by atoms with Gasteiger partial charge >= 0.3 is 11.7 Å². The third kappa shape index (κ3) is 2.81. The molecule has 0 fully saturated rings.